The number of nitrogens with one attached hydrogen (secondary N) is 1. The number of nitrogens with zero attached hydrogens (tertiary/aromatic N) is 1. The lowest BCUT2D eigenvalue weighted by Gasteiger charge is -2.20. The van der Waals surface area contributed by atoms with E-state index in [2.05, 4.69) is 5.32 Å². The highest BCUT2D eigenvalue weighted by Gasteiger charge is 2.55. The zero-order valence-corrected chi connectivity index (χ0v) is 15.2. The van der Waals surface area contributed by atoms with Gasteiger partial charge in [-0.1, -0.05) is 36.4 Å². The Balaban J connectivity index is 1.78. The van der Waals surface area contributed by atoms with E-state index < -0.39 is 30.0 Å². The number of carbonyl (C=O) groups is 1. The van der Waals surface area contributed by atoms with Gasteiger partial charge in [-0.05, 0) is 30.2 Å². The van der Waals surface area contributed by atoms with Crippen molar-refractivity contribution in [1.82, 2.24) is 5.32 Å². The van der Waals surface area contributed by atoms with E-state index in [1.54, 1.807) is 25.1 Å². The normalized spacial score (nSPS) is 25.5. The van der Waals surface area contributed by atoms with E-state index in [4.69, 9.17) is 14.2 Å². The zero-order chi connectivity index (χ0) is 19.7. The first-order chi connectivity index (χ1) is 13.6. The van der Waals surface area contributed by atoms with E-state index in [0.717, 1.165) is 5.56 Å². The molecular formula is C20H20N2O6. The van der Waals surface area contributed by atoms with Gasteiger partial charge in [0.05, 0.1) is 12.5 Å². The van der Waals surface area contributed by atoms with Crippen LogP contribution < -0.4 is 14.8 Å². The number of hydrogen-bond acceptors (Lipinski definition) is 7. The van der Waals surface area contributed by atoms with E-state index in [1.165, 1.54) is 0 Å². The second-order valence-corrected chi connectivity index (χ2v) is 6.70. The molecule has 0 unspecified atom stereocenters. The summed E-state index contributed by atoms with van der Waals surface area (Å²) in [7, 11) is 0. The number of rotatable bonds is 5. The van der Waals surface area contributed by atoms with Crippen molar-refractivity contribution >= 4 is 5.97 Å². The fraction of sp³-hybridized carbons (Fsp3) is 0.350. The lowest BCUT2D eigenvalue weighted by atomic mass is 9.85. The molecule has 4 atom stereocenters. The molecule has 2 aliphatic heterocycles. The first kappa shape index (κ1) is 18.2. The highest BCUT2D eigenvalue weighted by Crippen LogP contribution is 2.43. The molecule has 0 aliphatic carbocycles. The van der Waals surface area contributed by atoms with E-state index in [1.807, 2.05) is 30.3 Å². The smallest absolute Gasteiger partial charge is 0.324 e. The van der Waals surface area contributed by atoms with Crippen LogP contribution in [0.4, 0.5) is 0 Å². The predicted octanol–water partition coefficient (Wildman–Crippen LogP) is 2.42. The van der Waals surface area contributed by atoms with E-state index in [0.29, 0.717) is 17.1 Å². The van der Waals surface area contributed by atoms with Gasteiger partial charge < -0.3 is 14.2 Å². The third kappa shape index (κ3) is 3.16. The Kier molecular flexibility index (Phi) is 4.87. The summed E-state index contributed by atoms with van der Waals surface area (Å²) in [6, 6.07) is 11.8. The molecule has 0 bridgehead atoms. The quantitative estimate of drug-likeness (QED) is 0.480. The van der Waals surface area contributed by atoms with Crippen molar-refractivity contribution in [2.45, 2.75) is 31.0 Å². The second-order valence-electron chi connectivity index (χ2n) is 6.70. The molecule has 2 aromatic carbocycles. The molecule has 28 heavy (non-hydrogen) atoms. The maximum atomic E-state index is 12.6. The summed E-state index contributed by atoms with van der Waals surface area (Å²) in [6.45, 7) is 2.01. The minimum absolute atomic E-state index is 0.105. The van der Waals surface area contributed by atoms with E-state index in [-0.39, 0.29) is 18.3 Å². The molecule has 2 heterocycles. The van der Waals surface area contributed by atoms with Crippen LogP contribution in [0.1, 0.15) is 30.0 Å². The molecule has 1 fully saturated rings. The van der Waals surface area contributed by atoms with Gasteiger partial charge in [0.2, 0.25) is 12.8 Å². The standard InChI is InChI=1S/C20H20N2O6/c1-2-26-20(23)18-16(13-8-9-14-15(10-13)28-11-27-14)19(22(24)25)17(21-18)12-6-4-3-5-7-12/h3-10,16-19,21H,2,11H2,1H3/t16-,17+,18+,19+/m1/s1. The highest BCUT2D eigenvalue weighted by molar-refractivity contribution is 5.78. The summed E-state index contributed by atoms with van der Waals surface area (Å²) < 4.78 is 16.0. The van der Waals surface area contributed by atoms with Gasteiger partial charge in [0, 0.05) is 4.92 Å². The highest BCUT2D eigenvalue weighted by atomic mass is 16.7. The summed E-state index contributed by atoms with van der Waals surface area (Å²) in [4.78, 5) is 24.4. The lowest BCUT2D eigenvalue weighted by Crippen LogP contribution is -2.37. The van der Waals surface area contributed by atoms with Gasteiger partial charge in [0.1, 0.15) is 12.1 Å². The maximum absolute atomic E-state index is 12.6. The monoisotopic (exact) mass is 384 g/mol. The Morgan fingerprint density at radius 2 is 1.93 bits per heavy atom. The van der Waals surface area contributed by atoms with Crippen molar-refractivity contribution in [1.29, 1.82) is 0 Å². The van der Waals surface area contributed by atoms with Gasteiger partial charge in [-0.15, -0.1) is 0 Å². The van der Waals surface area contributed by atoms with Gasteiger partial charge in [-0.25, -0.2) is 0 Å². The molecule has 2 aromatic rings. The van der Waals surface area contributed by atoms with Crippen LogP contribution >= 0.6 is 0 Å². The molecule has 8 nitrogen and oxygen atoms in total. The second kappa shape index (κ2) is 7.47. The van der Waals surface area contributed by atoms with Crippen molar-refractivity contribution in [3.63, 3.8) is 0 Å². The number of fused-ring (bicyclic) bond motifs is 1. The average Bonchev–Trinajstić information content (AvgIpc) is 3.33. The maximum Gasteiger partial charge on any atom is 0.324 e. The summed E-state index contributed by atoms with van der Waals surface area (Å²) in [5, 5.41) is 15.2. The topological polar surface area (TPSA) is 99.9 Å². The zero-order valence-electron chi connectivity index (χ0n) is 15.2. The molecule has 2 aliphatic rings. The van der Waals surface area contributed by atoms with Gasteiger partial charge in [0.25, 0.3) is 0 Å². The van der Waals surface area contributed by atoms with E-state index in [9.17, 15) is 14.9 Å². The van der Waals surface area contributed by atoms with Crippen LogP contribution in [-0.4, -0.2) is 36.4 Å². The molecule has 1 saturated heterocycles. The van der Waals surface area contributed by atoms with Crippen LogP contribution in [-0.2, 0) is 9.53 Å². The average molecular weight is 384 g/mol. The molecule has 8 heteroatoms. The minimum atomic E-state index is -1.04. The molecular weight excluding hydrogens is 364 g/mol. The Hall–Kier alpha value is -3.13. The van der Waals surface area contributed by atoms with Crippen molar-refractivity contribution in [3.05, 3.63) is 69.8 Å². The van der Waals surface area contributed by atoms with Crippen molar-refractivity contribution in [3.8, 4) is 11.5 Å². The molecule has 0 radical (unpaired) electrons. The van der Waals surface area contributed by atoms with Gasteiger partial charge in [-0.2, -0.15) is 0 Å². The van der Waals surface area contributed by atoms with Gasteiger partial charge >= 0.3 is 5.97 Å². The van der Waals surface area contributed by atoms with Crippen molar-refractivity contribution < 1.29 is 23.9 Å². The fourth-order valence-corrected chi connectivity index (χ4v) is 3.96. The van der Waals surface area contributed by atoms with Crippen LogP contribution in [0.25, 0.3) is 0 Å². The van der Waals surface area contributed by atoms with Crippen molar-refractivity contribution in [2.75, 3.05) is 13.4 Å². The number of nitro groups is 1. The molecule has 0 spiro atoms. The third-order valence-corrected chi connectivity index (χ3v) is 5.15. The summed E-state index contributed by atoms with van der Waals surface area (Å²) in [5.41, 5.74) is 1.39. The fourth-order valence-electron chi connectivity index (χ4n) is 3.96. The predicted molar refractivity (Wildman–Crippen MR) is 98.8 cm³/mol. The molecule has 0 saturated carbocycles. The molecule has 0 amide bonds. The molecule has 146 valence electrons. The number of hydrogen-bond donors (Lipinski definition) is 1. The molecule has 0 aromatic heterocycles. The van der Waals surface area contributed by atoms with Crippen LogP contribution in [0.5, 0.6) is 11.5 Å². The summed E-state index contributed by atoms with van der Waals surface area (Å²) in [6.07, 6.45) is 0. The largest absolute Gasteiger partial charge is 0.465 e. The molecule has 1 N–H and O–H groups in total. The Bertz CT molecular complexity index is 888. The molecule has 4 rings (SSSR count). The van der Waals surface area contributed by atoms with Crippen LogP contribution in [0, 0.1) is 10.1 Å². The first-order valence-electron chi connectivity index (χ1n) is 9.11. The Morgan fingerprint density at radius 1 is 1.18 bits per heavy atom. The SMILES string of the molecule is CCOC(=O)[C@H]1N[C@@H](c2ccccc2)[C@@H]([N+](=O)[O-])[C@@H]1c1ccc2c(c1)OCO2. The van der Waals surface area contributed by atoms with Crippen LogP contribution in [0.3, 0.4) is 0 Å². The number of carbonyl (C=O) groups excluding carboxylic acids is 1. The Labute approximate surface area is 161 Å². The van der Waals surface area contributed by atoms with Crippen molar-refractivity contribution in [2.24, 2.45) is 0 Å². The van der Waals surface area contributed by atoms with Crippen LogP contribution in [0.2, 0.25) is 0 Å². The summed E-state index contributed by atoms with van der Waals surface area (Å²) >= 11 is 0. The number of esters is 1. The van der Waals surface area contributed by atoms with Gasteiger partial charge in [0.15, 0.2) is 11.5 Å². The lowest BCUT2D eigenvalue weighted by molar-refractivity contribution is -0.527. The van der Waals surface area contributed by atoms with Crippen LogP contribution in [0.15, 0.2) is 48.5 Å². The third-order valence-electron chi connectivity index (χ3n) is 5.15. The number of benzene rings is 2. The van der Waals surface area contributed by atoms with E-state index >= 15 is 0 Å². The number of ether oxygens (including phenoxy) is 3. The first-order valence-corrected chi connectivity index (χ1v) is 9.11. The Morgan fingerprint density at radius 3 is 2.64 bits per heavy atom. The minimum Gasteiger partial charge on any atom is -0.465 e. The van der Waals surface area contributed by atoms with Gasteiger partial charge in [-0.3, -0.25) is 20.2 Å². The summed E-state index contributed by atoms with van der Waals surface area (Å²) in [5.74, 6) is -0.116.